The lowest BCUT2D eigenvalue weighted by atomic mass is 9.88. The number of aliphatic imine (C=N–C) groups is 1. The Kier molecular flexibility index (Phi) is 8.18. The Bertz CT molecular complexity index is 587. The van der Waals surface area contributed by atoms with Gasteiger partial charge in [0.25, 0.3) is 0 Å². The fourth-order valence-corrected chi connectivity index (χ4v) is 4.83. The number of hydrogen-bond donors (Lipinski definition) is 1. The van der Waals surface area contributed by atoms with E-state index in [4.69, 9.17) is 10.7 Å². The SMILES string of the molecule is CC1CC(C)CN(C(C)(C)CN=C(N)N2CCN(c3nccs3)CC2)C1.I. The summed E-state index contributed by atoms with van der Waals surface area (Å²) < 4.78 is 0. The lowest BCUT2D eigenvalue weighted by molar-refractivity contribution is 0.0511. The third-order valence-corrected chi connectivity index (χ3v) is 6.48. The van der Waals surface area contributed by atoms with Gasteiger partial charge in [0.1, 0.15) is 0 Å². The Balaban J connectivity index is 0.00000261. The van der Waals surface area contributed by atoms with Gasteiger partial charge in [-0.05, 0) is 32.1 Å². The van der Waals surface area contributed by atoms with Crippen molar-refractivity contribution in [2.24, 2.45) is 22.6 Å². The molecule has 0 spiro atoms. The maximum Gasteiger partial charge on any atom is 0.191 e. The fraction of sp³-hybridized carbons (Fsp3) is 0.789. The van der Waals surface area contributed by atoms with E-state index >= 15 is 0 Å². The van der Waals surface area contributed by atoms with Crippen molar-refractivity contribution in [1.82, 2.24) is 14.8 Å². The van der Waals surface area contributed by atoms with Crippen LogP contribution in [0.15, 0.2) is 16.6 Å². The first-order valence-electron chi connectivity index (χ1n) is 9.79. The molecule has 6 nitrogen and oxygen atoms in total. The largest absolute Gasteiger partial charge is 0.370 e. The summed E-state index contributed by atoms with van der Waals surface area (Å²) >= 11 is 1.70. The third kappa shape index (κ3) is 5.93. The summed E-state index contributed by atoms with van der Waals surface area (Å²) in [6.45, 7) is 16.1. The Morgan fingerprint density at radius 3 is 2.41 bits per heavy atom. The van der Waals surface area contributed by atoms with Crippen molar-refractivity contribution in [3.05, 3.63) is 11.6 Å². The molecule has 1 aromatic heterocycles. The Hall–Kier alpha value is -0.610. The summed E-state index contributed by atoms with van der Waals surface area (Å²) in [4.78, 5) is 16.3. The summed E-state index contributed by atoms with van der Waals surface area (Å²) in [6, 6.07) is 0. The van der Waals surface area contributed by atoms with Crippen molar-refractivity contribution in [3.63, 3.8) is 0 Å². The van der Waals surface area contributed by atoms with Gasteiger partial charge in [-0.2, -0.15) is 0 Å². The standard InChI is InChI=1S/C19H34N6S.HI/c1-15-11-16(2)13-25(12-15)19(3,4)14-22-17(20)23-6-8-24(9-7-23)18-21-5-10-26-18;/h5,10,15-16H,6-9,11-14H2,1-4H3,(H2,20,22);1H. The highest BCUT2D eigenvalue weighted by molar-refractivity contribution is 14.0. The molecule has 0 radical (unpaired) electrons. The van der Waals surface area contributed by atoms with Crippen LogP contribution in [0.5, 0.6) is 0 Å². The summed E-state index contributed by atoms with van der Waals surface area (Å²) in [5, 5.41) is 3.14. The van der Waals surface area contributed by atoms with E-state index < -0.39 is 0 Å². The van der Waals surface area contributed by atoms with Gasteiger partial charge in [0.15, 0.2) is 11.1 Å². The van der Waals surface area contributed by atoms with Gasteiger partial charge in [0, 0.05) is 56.4 Å². The third-order valence-electron chi connectivity index (χ3n) is 5.65. The molecule has 2 unspecified atom stereocenters. The molecule has 2 aliphatic rings. The first-order valence-corrected chi connectivity index (χ1v) is 10.7. The fourth-order valence-electron chi connectivity index (χ4n) is 4.13. The number of likely N-dealkylation sites (tertiary alicyclic amines) is 1. The van der Waals surface area contributed by atoms with Crippen LogP contribution in [-0.2, 0) is 0 Å². The van der Waals surface area contributed by atoms with E-state index in [1.165, 1.54) is 19.5 Å². The van der Waals surface area contributed by atoms with Crippen LogP contribution in [-0.4, -0.2) is 72.1 Å². The number of hydrogen-bond acceptors (Lipinski definition) is 5. The zero-order chi connectivity index (χ0) is 18.7. The quantitative estimate of drug-likeness (QED) is 0.387. The molecular weight excluding hydrogens is 471 g/mol. The molecule has 2 saturated heterocycles. The zero-order valence-electron chi connectivity index (χ0n) is 17.1. The summed E-state index contributed by atoms with van der Waals surface area (Å²) in [7, 11) is 0. The second-order valence-electron chi connectivity index (χ2n) is 8.63. The van der Waals surface area contributed by atoms with Crippen LogP contribution in [0.4, 0.5) is 5.13 Å². The van der Waals surface area contributed by atoms with Crippen LogP contribution in [0, 0.1) is 11.8 Å². The number of piperidine rings is 1. The lowest BCUT2D eigenvalue weighted by Gasteiger charge is -2.44. The van der Waals surface area contributed by atoms with Crippen molar-refractivity contribution < 1.29 is 0 Å². The maximum absolute atomic E-state index is 6.33. The molecule has 2 atom stereocenters. The van der Waals surface area contributed by atoms with Crippen molar-refractivity contribution in [2.75, 3.05) is 50.7 Å². The smallest absolute Gasteiger partial charge is 0.191 e. The van der Waals surface area contributed by atoms with Gasteiger partial charge in [-0.1, -0.05) is 13.8 Å². The van der Waals surface area contributed by atoms with Gasteiger partial charge in [0.05, 0.1) is 6.54 Å². The number of thiazole rings is 1. The number of piperazine rings is 1. The number of guanidine groups is 1. The molecule has 27 heavy (non-hydrogen) atoms. The Labute approximate surface area is 185 Å². The van der Waals surface area contributed by atoms with E-state index in [2.05, 4.69) is 47.4 Å². The highest BCUT2D eigenvalue weighted by atomic mass is 127. The minimum Gasteiger partial charge on any atom is -0.370 e. The molecule has 2 N–H and O–H groups in total. The minimum absolute atomic E-state index is 0. The second kappa shape index (κ2) is 9.73. The number of anilines is 1. The lowest BCUT2D eigenvalue weighted by Crippen LogP contribution is -2.54. The highest BCUT2D eigenvalue weighted by Gasteiger charge is 2.32. The molecule has 0 saturated carbocycles. The van der Waals surface area contributed by atoms with E-state index in [1.54, 1.807) is 11.3 Å². The van der Waals surface area contributed by atoms with E-state index in [9.17, 15) is 0 Å². The predicted octanol–water partition coefficient (Wildman–Crippen LogP) is 2.95. The molecule has 0 aromatic carbocycles. The van der Waals surface area contributed by atoms with Gasteiger partial charge >= 0.3 is 0 Å². The molecule has 0 amide bonds. The average molecular weight is 507 g/mol. The van der Waals surface area contributed by atoms with Crippen LogP contribution in [0.1, 0.15) is 34.1 Å². The molecular formula is C19H35IN6S. The first kappa shape index (κ1) is 22.7. The number of aromatic nitrogens is 1. The van der Waals surface area contributed by atoms with Crippen LogP contribution < -0.4 is 10.6 Å². The molecule has 2 aliphatic heterocycles. The molecule has 2 fully saturated rings. The van der Waals surface area contributed by atoms with Crippen molar-refractivity contribution in [1.29, 1.82) is 0 Å². The van der Waals surface area contributed by atoms with Crippen LogP contribution in [0.25, 0.3) is 0 Å². The first-order chi connectivity index (χ1) is 12.3. The van der Waals surface area contributed by atoms with Crippen molar-refractivity contribution >= 4 is 46.4 Å². The molecule has 0 bridgehead atoms. The Morgan fingerprint density at radius 1 is 1.22 bits per heavy atom. The zero-order valence-corrected chi connectivity index (χ0v) is 20.2. The van der Waals surface area contributed by atoms with Gasteiger partial charge in [-0.25, -0.2) is 4.98 Å². The van der Waals surface area contributed by atoms with Crippen molar-refractivity contribution in [2.45, 2.75) is 39.7 Å². The minimum atomic E-state index is 0. The van der Waals surface area contributed by atoms with Gasteiger partial charge in [0.2, 0.25) is 0 Å². The van der Waals surface area contributed by atoms with Gasteiger partial charge in [-0.15, -0.1) is 35.3 Å². The molecule has 3 heterocycles. The molecule has 154 valence electrons. The molecule has 1 aromatic rings. The van der Waals surface area contributed by atoms with E-state index in [0.717, 1.165) is 49.7 Å². The highest BCUT2D eigenvalue weighted by Crippen LogP contribution is 2.27. The maximum atomic E-state index is 6.33. The number of nitrogens with zero attached hydrogens (tertiary/aromatic N) is 5. The Morgan fingerprint density at radius 2 is 1.85 bits per heavy atom. The second-order valence-corrected chi connectivity index (χ2v) is 9.50. The topological polar surface area (TPSA) is 61.0 Å². The number of nitrogens with two attached hydrogens (primary N) is 1. The average Bonchev–Trinajstić information content (AvgIpc) is 3.14. The van der Waals surface area contributed by atoms with E-state index in [-0.39, 0.29) is 29.5 Å². The summed E-state index contributed by atoms with van der Waals surface area (Å²) in [6.07, 6.45) is 3.20. The summed E-state index contributed by atoms with van der Waals surface area (Å²) in [5.74, 6) is 2.21. The molecule has 8 heteroatoms. The van der Waals surface area contributed by atoms with Gasteiger partial charge in [-0.3, -0.25) is 9.89 Å². The van der Waals surface area contributed by atoms with E-state index in [0.29, 0.717) is 5.96 Å². The predicted molar refractivity (Wildman–Crippen MR) is 126 cm³/mol. The number of halogens is 1. The summed E-state index contributed by atoms with van der Waals surface area (Å²) in [5.41, 5.74) is 6.38. The van der Waals surface area contributed by atoms with Crippen LogP contribution in [0.3, 0.4) is 0 Å². The normalized spacial score (nSPS) is 25.4. The monoisotopic (exact) mass is 506 g/mol. The van der Waals surface area contributed by atoms with Gasteiger partial charge < -0.3 is 15.5 Å². The van der Waals surface area contributed by atoms with Crippen molar-refractivity contribution in [3.8, 4) is 0 Å². The molecule has 0 aliphatic carbocycles. The van der Waals surface area contributed by atoms with E-state index in [1.807, 2.05) is 11.6 Å². The molecule has 3 rings (SSSR count). The van der Waals surface area contributed by atoms with Crippen LogP contribution in [0.2, 0.25) is 0 Å². The van der Waals surface area contributed by atoms with Crippen LogP contribution >= 0.6 is 35.3 Å². The number of rotatable bonds is 4.